The number of fused-ring (bicyclic) bond motifs is 1. The molecule has 2 saturated heterocycles. The Labute approximate surface area is 515 Å². The van der Waals surface area contributed by atoms with Crippen molar-refractivity contribution < 1.29 is 62.9 Å². The molecular weight excluding hydrogens is 1150 g/mol. The van der Waals surface area contributed by atoms with Gasteiger partial charge in [-0.05, 0) is 101 Å². The lowest BCUT2D eigenvalue weighted by Crippen LogP contribution is -2.62. The Balaban J connectivity index is 1.24. The van der Waals surface area contributed by atoms with Gasteiger partial charge in [-0.25, -0.2) is 4.98 Å². The zero-order valence-corrected chi connectivity index (χ0v) is 51.1. The maximum absolute atomic E-state index is 14.8. The number of para-hydroxylation sites is 1. The van der Waals surface area contributed by atoms with E-state index < -0.39 is 120 Å². The number of phenolic OH excluding ortho intramolecular Hbond substituents is 1. The van der Waals surface area contributed by atoms with Gasteiger partial charge in [0.05, 0.1) is 25.1 Å². The van der Waals surface area contributed by atoms with Crippen molar-refractivity contribution in [2.24, 2.45) is 22.4 Å². The van der Waals surface area contributed by atoms with Crippen LogP contribution in [-0.2, 0) is 71.9 Å². The van der Waals surface area contributed by atoms with Crippen LogP contribution in [0.25, 0.3) is 10.9 Å². The number of likely N-dealkylation sites (N-methyl/N-ethyl adjacent to an activating group) is 1. The van der Waals surface area contributed by atoms with Crippen molar-refractivity contribution in [2.75, 3.05) is 32.8 Å². The molecule has 0 saturated carbocycles. The van der Waals surface area contributed by atoms with Gasteiger partial charge in [0.2, 0.25) is 59.1 Å². The number of ether oxygens (including phenoxy) is 1. The van der Waals surface area contributed by atoms with Crippen LogP contribution in [0, 0.1) is 5.92 Å². The minimum absolute atomic E-state index is 0.0578. The number of aliphatic imine (C=N–C) groups is 1. The van der Waals surface area contributed by atoms with E-state index in [2.05, 4.69) is 67.8 Å². The molecule has 0 aliphatic carbocycles. The van der Waals surface area contributed by atoms with Crippen LogP contribution in [0.4, 0.5) is 0 Å². The molecule has 9 atom stereocenters. The van der Waals surface area contributed by atoms with E-state index >= 15 is 0 Å². The zero-order valence-electron chi connectivity index (χ0n) is 51.1. The largest absolute Gasteiger partial charge is 0.508 e. The molecule has 29 heteroatoms. The van der Waals surface area contributed by atoms with Crippen molar-refractivity contribution in [1.82, 2.24) is 67.7 Å². The number of H-pyrrole nitrogens is 2. The topological polar surface area (TPSA) is 441 Å². The number of likely N-dealkylation sites (tertiary alicyclic amines) is 1. The highest BCUT2D eigenvalue weighted by atomic mass is 16.5. The molecule has 2 aliphatic rings. The molecule has 17 N–H and O–H groups in total. The number of carbonyl (C=O) groups excluding carboxylic acids is 10. The number of aliphatic hydroxyl groups excluding tert-OH is 1. The van der Waals surface area contributed by atoms with Crippen LogP contribution in [-0.4, -0.2) is 188 Å². The second-order valence-corrected chi connectivity index (χ2v) is 23.6. The fourth-order valence-electron chi connectivity index (χ4n) is 10.3. The number of rotatable bonds is 32. The van der Waals surface area contributed by atoms with Crippen molar-refractivity contribution in [3.63, 3.8) is 0 Å². The van der Waals surface area contributed by atoms with E-state index in [1.807, 2.05) is 13.8 Å². The first kappa shape index (κ1) is 69.0. The molecule has 6 rings (SSSR count). The van der Waals surface area contributed by atoms with Crippen LogP contribution in [0.2, 0.25) is 0 Å². The van der Waals surface area contributed by atoms with Gasteiger partial charge < -0.3 is 89.1 Å². The minimum atomic E-state index is -1.78. The first-order valence-corrected chi connectivity index (χ1v) is 29.9. The Kier molecular flexibility index (Phi) is 25.4. The molecule has 0 bridgehead atoms. The van der Waals surface area contributed by atoms with Crippen LogP contribution in [0.15, 0.2) is 72.2 Å². The second-order valence-electron chi connectivity index (χ2n) is 23.6. The first-order valence-electron chi connectivity index (χ1n) is 29.9. The van der Waals surface area contributed by atoms with Gasteiger partial charge in [-0.1, -0.05) is 44.2 Å². The van der Waals surface area contributed by atoms with E-state index in [-0.39, 0.29) is 93.9 Å². The van der Waals surface area contributed by atoms with Crippen molar-refractivity contribution in [2.45, 2.75) is 166 Å². The number of amides is 10. The van der Waals surface area contributed by atoms with E-state index in [9.17, 15) is 58.2 Å². The van der Waals surface area contributed by atoms with E-state index in [1.54, 1.807) is 58.2 Å². The van der Waals surface area contributed by atoms with Gasteiger partial charge >= 0.3 is 0 Å². The summed E-state index contributed by atoms with van der Waals surface area (Å²) >= 11 is 0. The Hall–Kier alpha value is -9.12. The summed E-state index contributed by atoms with van der Waals surface area (Å²) in [5.74, 6) is -7.72. The van der Waals surface area contributed by atoms with Crippen molar-refractivity contribution in [3.05, 3.63) is 84.1 Å². The third kappa shape index (κ3) is 21.0. The van der Waals surface area contributed by atoms with E-state index in [0.29, 0.717) is 47.1 Å². The fraction of sp³-hybridized carbons (Fsp3) is 0.533. The number of aromatic amines is 2. The summed E-state index contributed by atoms with van der Waals surface area (Å²) in [5.41, 5.74) is 12.4. The number of aliphatic hydroxyl groups is 1. The zero-order chi connectivity index (χ0) is 65.0. The smallest absolute Gasteiger partial charge is 0.245 e. The maximum Gasteiger partial charge on any atom is 0.245 e. The van der Waals surface area contributed by atoms with Crippen LogP contribution < -0.4 is 59.3 Å². The Morgan fingerprint density at radius 1 is 0.753 bits per heavy atom. The molecule has 0 radical (unpaired) electrons. The summed E-state index contributed by atoms with van der Waals surface area (Å²) in [6.07, 6.45) is 5.56. The summed E-state index contributed by atoms with van der Waals surface area (Å²) in [6.45, 7) is 9.78. The highest BCUT2D eigenvalue weighted by Gasteiger charge is 2.40. The lowest BCUT2D eigenvalue weighted by atomic mass is 10.0. The van der Waals surface area contributed by atoms with E-state index in [1.165, 1.54) is 41.7 Å². The van der Waals surface area contributed by atoms with Crippen LogP contribution >= 0.6 is 0 Å². The van der Waals surface area contributed by atoms with E-state index in [4.69, 9.17) is 16.2 Å². The van der Waals surface area contributed by atoms with Gasteiger partial charge in [-0.2, -0.15) is 0 Å². The van der Waals surface area contributed by atoms with Crippen molar-refractivity contribution >= 4 is 75.9 Å². The summed E-state index contributed by atoms with van der Waals surface area (Å²) in [5, 5.41) is 45.7. The normalized spacial score (nSPS) is 17.2. The summed E-state index contributed by atoms with van der Waals surface area (Å²) < 4.78 is 6.04. The number of hydrogen-bond acceptors (Lipinski definition) is 15. The molecular formula is C60H86N16O13. The van der Waals surface area contributed by atoms with Gasteiger partial charge in [0.25, 0.3) is 0 Å². The Bertz CT molecular complexity index is 3120. The average Bonchev–Trinajstić information content (AvgIpc) is 2.55. The van der Waals surface area contributed by atoms with Gasteiger partial charge in [0, 0.05) is 74.3 Å². The number of aromatic hydroxyl groups is 1. The lowest BCUT2D eigenvalue weighted by molar-refractivity contribution is -0.142. The standard InChI is InChI=1S/C60H86N16O13/c1-7-64-57(87)48-15-11-23-76(48)58(88)41(14-10-22-65-59(61)62)69-51(81)42(24-33(2)3)70-56(86)47(31-89-60(4,5)6)75-52(82)43(25-34-16-18-37(78)19-17-34)71-55(85)46(30-77)74-53(83)44(26-35-28-66-39-13-9-8-12-38(35)39)72-54(84)45(27-36-29-63-32-67-36)73-50(80)40-20-21-49(79)68-40/h8-9,12-13,16-19,28-29,32-33,40-48,66,77-78H,7,10-11,14-15,20-27,30-31H2,1-6H3,(H,63,67)(H,64,87)(H,68,79)(H,69,81)(H,70,86)(H,71,85)(H,72,84)(H,73,80)(H,74,83)(H,75,82)(H4,61,62,65)/t40-,41+,42-,43+,44-,45-,46+,47+,48+/m0/s1. The number of nitrogens with one attached hydrogen (secondary N) is 11. The molecule has 0 spiro atoms. The molecule has 89 heavy (non-hydrogen) atoms. The molecule has 2 aliphatic heterocycles. The molecule has 484 valence electrons. The Morgan fingerprint density at radius 3 is 1.98 bits per heavy atom. The summed E-state index contributed by atoms with van der Waals surface area (Å²) in [4.78, 5) is 156. The Morgan fingerprint density at radius 2 is 1.36 bits per heavy atom. The van der Waals surface area contributed by atoms with Crippen molar-refractivity contribution in [3.8, 4) is 5.75 Å². The molecule has 2 aromatic heterocycles. The number of aromatic nitrogens is 3. The van der Waals surface area contributed by atoms with Gasteiger partial charge in [-0.15, -0.1) is 0 Å². The third-order valence-corrected chi connectivity index (χ3v) is 14.9. The van der Waals surface area contributed by atoms with Crippen LogP contribution in [0.1, 0.15) is 103 Å². The first-order chi connectivity index (χ1) is 42.3. The molecule has 2 aromatic carbocycles. The molecule has 4 aromatic rings. The molecule has 2 fully saturated rings. The number of carbonyl (C=O) groups is 10. The van der Waals surface area contributed by atoms with Gasteiger partial charge in [0.15, 0.2) is 5.96 Å². The number of imidazole rings is 1. The van der Waals surface area contributed by atoms with Gasteiger partial charge in [0.1, 0.15) is 60.1 Å². The number of nitrogens with two attached hydrogens (primary N) is 2. The summed E-state index contributed by atoms with van der Waals surface area (Å²) in [7, 11) is 0. The molecule has 29 nitrogen and oxygen atoms in total. The molecule has 4 heterocycles. The predicted octanol–water partition coefficient (Wildman–Crippen LogP) is -1.67. The average molecular weight is 1240 g/mol. The lowest BCUT2D eigenvalue weighted by Gasteiger charge is -2.31. The fourth-order valence-corrected chi connectivity index (χ4v) is 10.3. The number of hydrogen-bond donors (Lipinski definition) is 15. The minimum Gasteiger partial charge on any atom is -0.508 e. The van der Waals surface area contributed by atoms with Gasteiger partial charge in [-0.3, -0.25) is 52.9 Å². The molecule has 0 unspecified atom stereocenters. The maximum atomic E-state index is 14.8. The molecule has 10 amide bonds. The third-order valence-electron chi connectivity index (χ3n) is 14.9. The number of guanidine groups is 1. The highest BCUT2D eigenvalue weighted by Crippen LogP contribution is 2.22. The number of nitrogens with zero attached hydrogens (tertiary/aromatic N) is 3. The van der Waals surface area contributed by atoms with Crippen LogP contribution in [0.3, 0.4) is 0 Å². The highest BCUT2D eigenvalue weighted by molar-refractivity contribution is 5.99. The predicted molar refractivity (Wildman–Crippen MR) is 326 cm³/mol. The SMILES string of the molecule is CCNC(=O)[C@H]1CCCN1C(=O)[C@@H](CCCN=C(N)N)NC(=O)[C@H](CC(C)C)NC(=O)[C@@H](COC(C)(C)C)NC(=O)[C@@H](Cc1ccc(O)cc1)NC(=O)[C@@H](CO)NC(=O)[C@H](Cc1c[nH]c2ccccc12)NC(=O)[C@H](Cc1cnc[nH]1)NC(=O)[C@@H]1CCC(=O)N1. The quantitative estimate of drug-likeness (QED) is 0.0148. The number of benzene rings is 2. The second kappa shape index (κ2) is 32.7. The monoisotopic (exact) mass is 1240 g/mol. The number of phenols is 1. The van der Waals surface area contributed by atoms with Crippen LogP contribution in [0.5, 0.6) is 5.75 Å². The van der Waals surface area contributed by atoms with E-state index in [0.717, 1.165) is 0 Å². The summed E-state index contributed by atoms with van der Waals surface area (Å²) in [6, 6.07) is 1.02. The van der Waals surface area contributed by atoms with Crippen molar-refractivity contribution in [1.29, 1.82) is 0 Å².